The van der Waals surface area contributed by atoms with Crippen LogP contribution in [0.4, 0.5) is 5.69 Å². The van der Waals surface area contributed by atoms with E-state index in [1.54, 1.807) is 6.08 Å². The van der Waals surface area contributed by atoms with Gasteiger partial charge in [0.25, 0.3) is 0 Å². The number of aryl methyl sites for hydroxylation is 2. The molecule has 3 rings (SSSR count). The second-order valence-corrected chi connectivity index (χ2v) is 7.22. The summed E-state index contributed by atoms with van der Waals surface area (Å²) in [6, 6.07) is 8.16. The monoisotopic (exact) mass is 368 g/mol. The van der Waals surface area contributed by atoms with Crippen molar-refractivity contribution < 1.29 is 9.32 Å². The lowest BCUT2D eigenvalue weighted by atomic mass is 10.1. The van der Waals surface area contributed by atoms with Gasteiger partial charge in [-0.2, -0.15) is 0 Å². The number of hydrogen-bond acceptors (Lipinski definition) is 5. The molecule has 1 fully saturated rings. The molecule has 2 aromatic rings. The van der Waals surface area contributed by atoms with Crippen LogP contribution in [0.3, 0.4) is 0 Å². The van der Waals surface area contributed by atoms with Crippen LogP contribution in [0, 0.1) is 13.8 Å². The first-order valence-electron chi connectivity index (χ1n) is 9.32. The summed E-state index contributed by atoms with van der Waals surface area (Å²) < 4.78 is 5.24. The molecule has 27 heavy (non-hydrogen) atoms. The molecule has 1 aromatic carbocycles. The van der Waals surface area contributed by atoms with Crippen molar-refractivity contribution in [1.29, 1.82) is 0 Å². The molecule has 6 nitrogen and oxygen atoms in total. The number of carbonyl (C=O) groups excluding carboxylic acids is 1. The highest BCUT2D eigenvalue weighted by molar-refractivity contribution is 5.91. The number of rotatable bonds is 5. The third-order valence-corrected chi connectivity index (χ3v) is 5.07. The molecule has 1 aromatic heterocycles. The number of piperazine rings is 1. The maximum absolute atomic E-state index is 12.5. The van der Waals surface area contributed by atoms with Gasteiger partial charge in [0.05, 0.1) is 5.69 Å². The first kappa shape index (κ1) is 19.2. The van der Waals surface area contributed by atoms with Crippen molar-refractivity contribution in [2.45, 2.75) is 20.4 Å². The SMILES string of the molecule is Cc1noc(C)c1CN1CCN(C(=O)/C=C/c2ccc(N(C)C)cc2)CC1. The van der Waals surface area contributed by atoms with E-state index in [9.17, 15) is 4.79 Å². The van der Waals surface area contributed by atoms with E-state index in [4.69, 9.17) is 4.52 Å². The molecule has 0 bridgehead atoms. The summed E-state index contributed by atoms with van der Waals surface area (Å²) in [5.74, 6) is 0.956. The van der Waals surface area contributed by atoms with Crippen molar-refractivity contribution in [3.8, 4) is 0 Å². The first-order valence-corrected chi connectivity index (χ1v) is 9.32. The fourth-order valence-electron chi connectivity index (χ4n) is 3.23. The maximum atomic E-state index is 12.5. The van der Waals surface area contributed by atoms with Crippen LogP contribution in [-0.2, 0) is 11.3 Å². The number of carbonyl (C=O) groups is 1. The van der Waals surface area contributed by atoms with E-state index in [-0.39, 0.29) is 5.91 Å². The third-order valence-electron chi connectivity index (χ3n) is 5.07. The van der Waals surface area contributed by atoms with E-state index in [0.29, 0.717) is 0 Å². The number of nitrogens with zero attached hydrogens (tertiary/aromatic N) is 4. The van der Waals surface area contributed by atoms with Crippen LogP contribution in [0.1, 0.15) is 22.6 Å². The topological polar surface area (TPSA) is 52.8 Å². The predicted molar refractivity (Wildman–Crippen MR) is 108 cm³/mol. The summed E-state index contributed by atoms with van der Waals surface area (Å²) in [4.78, 5) is 18.8. The van der Waals surface area contributed by atoms with Crippen molar-refractivity contribution in [2.75, 3.05) is 45.2 Å². The van der Waals surface area contributed by atoms with E-state index < -0.39 is 0 Å². The van der Waals surface area contributed by atoms with Crippen LogP contribution in [-0.4, -0.2) is 61.1 Å². The fraction of sp³-hybridized carbons (Fsp3) is 0.429. The molecule has 2 heterocycles. The molecule has 0 spiro atoms. The highest BCUT2D eigenvalue weighted by Crippen LogP contribution is 2.17. The molecular formula is C21H28N4O2. The summed E-state index contributed by atoms with van der Waals surface area (Å²) in [6.07, 6.45) is 3.56. The Balaban J connectivity index is 1.51. The number of aromatic nitrogens is 1. The fourth-order valence-corrected chi connectivity index (χ4v) is 3.23. The molecule has 0 saturated carbocycles. The van der Waals surface area contributed by atoms with Crippen molar-refractivity contribution in [3.63, 3.8) is 0 Å². The van der Waals surface area contributed by atoms with Gasteiger partial charge in [-0.1, -0.05) is 17.3 Å². The van der Waals surface area contributed by atoms with Crippen LogP contribution in [0.5, 0.6) is 0 Å². The van der Waals surface area contributed by atoms with E-state index in [2.05, 4.69) is 27.1 Å². The minimum Gasteiger partial charge on any atom is -0.378 e. The molecule has 1 amide bonds. The lowest BCUT2D eigenvalue weighted by molar-refractivity contribution is -0.127. The van der Waals surface area contributed by atoms with Gasteiger partial charge in [-0.05, 0) is 37.6 Å². The molecule has 144 valence electrons. The minimum absolute atomic E-state index is 0.0728. The van der Waals surface area contributed by atoms with Gasteiger partial charge in [-0.25, -0.2) is 0 Å². The Morgan fingerprint density at radius 1 is 1.15 bits per heavy atom. The lowest BCUT2D eigenvalue weighted by Gasteiger charge is -2.34. The van der Waals surface area contributed by atoms with Gasteiger partial charge in [-0.15, -0.1) is 0 Å². The van der Waals surface area contributed by atoms with E-state index >= 15 is 0 Å². The molecule has 0 N–H and O–H groups in total. The average molecular weight is 368 g/mol. The van der Waals surface area contributed by atoms with Crippen molar-refractivity contribution in [2.24, 2.45) is 0 Å². The highest BCUT2D eigenvalue weighted by Gasteiger charge is 2.21. The van der Waals surface area contributed by atoms with Gasteiger partial charge in [0.1, 0.15) is 5.76 Å². The zero-order valence-corrected chi connectivity index (χ0v) is 16.6. The van der Waals surface area contributed by atoms with E-state index in [1.807, 2.05) is 51.1 Å². The van der Waals surface area contributed by atoms with Gasteiger partial charge in [0.15, 0.2) is 0 Å². The quantitative estimate of drug-likeness (QED) is 0.760. The molecule has 1 aliphatic rings. The second kappa shape index (κ2) is 8.39. The molecule has 6 heteroatoms. The molecule has 1 saturated heterocycles. The zero-order valence-electron chi connectivity index (χ0n) is 16.6. The number of amides is 1. The molecule has 0 radical (unpaired) electrons. The van der Waals surface area contributed by atoms with Gasteiger partial charge in [0.2, 0.25) is 5.91 Å². The number of anilines is 1. The van der Waals surface area contributed by atoms with Crippen LogP contribution in [0.25, 0.3) is 6.08 Å². The van der Waals surface area contributed by atoms with Crippen LogP contribution in [0.15, 0.2) is 34.9 Å². The van der Waals surface area contributed by atoms with Crippen LogP contribution < -0.4 is 4.90 Å². The predicted octanol–water partition coefficient (Wildman–Crippen LogP) is 2.72. The zero-order chi connectivity index (χ0) is 19.4. The summed E-state index contributed by atoms with van der Waals surface area (Å²) >= 11 is 0. The van der Waals surface area contributed by atoms with E-state index in [0.717, 1.165) is 61.0 Å². The van der Waals surface area contributed by atoms with Gasteiger partial charge < -0.3 is 14.3 Å². The Labute approximate surface area is 161 Å². The summed E-state index contributed by atoms with van der Waals surface area (Å²) in [5.41, 5.74) is 4.30. The lowest BCUT2D eigenvalue weighted by Crippen LogP contribution is -2.47. The average Bonchev–Trinajstić information content (AvgIpc) is 2.99. The molecule has 0 unspecified atom stereocenters. The van der Waals surface area contributed by atoms with Crippen LogP contribution >= 0.6 is 0 Å². The Bertz CT molecular complexity index is 781. The normalized spacial score (nSPS) is 15.5. The number of hydrogen-bond donors (Lipinski definition) is 0. The molecule has 0 aliphatic carbocycles. The Morgan fingerprint density at radius 2 is 1.81 bits per heavy atom. The third kappa shape index (κ3) is 4.77. The Hall–Kier alpha value is -2.60. The molecule has 0 atom stereocenters. The smallest absolute Gasteiger partial charge is 0.246 e. The summed E-state index contributed by atoms with van der Waals surface area (Å²) in [5, 5.41) is 4.01. The summed E-state index contributed by atoms with van der Waals surface area (Å²) in [6.45, 7) is 7.96. The van der Waals surface area contributed by atoms with Crippen molar-refractivity contribution in [3.05, 3.63) is 52.9 Å². The second-order valence-electron chi connectivity index (χ2n) is 7.22. The maximum Gasteiger partial charge on any atom is 0.246 e. The summed E-state index contributed by atoms with van der Waals surface area (Å²) in [7, 11) is 4.03. The highest BCUT2D eigenvalue weighted by atomic mass is 16.5. The molecule has 1 aliphatic heterocycles. The van der Waals surface area contributed by atoms with Gasteiger partial charge >= 0.3 is 0 Å². The van der Waals surface area contributed by atoms with Crippen LogP contribution in [0.2, 0.25) is 0 Å². The standard InChI is InChI=1S/C21H28N4O2/c1-16-20(17(2)27-22-16)15-24-11-13-25(14-12-24)21(26)10-7-18-5-8-19(9-6-18)23(3)4/h5-10H,11-15H2,1-4H3/b10-7+. The Morgan fingerprint density at radius 3 is 2.37 bits per heavy atom. The Kier molecular flexibility index (Phi) is 5.96. The van der Waals surface area contributed by atoms with E-state index in [1.165, 1.54) is 0 Å². The first-order chi connectivity index (χ1) is 12.9. The van der Waals surface area contributed by atoms with Crippen molar-refractivity contribution >= 4 is 17.7 Å². The largest absolute Gasteiger partial charge is 0.378 e. The van der Waals surface area contributed by atoms with Crippen molar-refractivity contribution in [1.82, 2.24) is 15.0 Å². The van der Waals surface area contributed by atoms with Gasteiger partial charge in [0, 0.05) is 64.1 Å². The minimum atomic E-state index is 0.0728. The molecular weight excluding hydrogens is 340 g/mol. The number of benzene rings is 1. The van der Waals surface area contributed by atoms with Gasteiger partial charge in [-0.3, -0.25) is 9.69 Å².